The van der Waals surface area contributed by atoms with E-state index in [1.165, 1.54) is 12.1 Å². The van der Waals surface area contributed by atoms with Crippen LogP contribution in [0.2, 0.25) is 5.02 Å². The molecule has 53 heavy (non-hydrogen) atoms. The molecule has 1 saturated heterocycles. The number of aromatic amines is 1. The maximum atomic E-state index is 13.1. The van der Waals surface area contributed by atoms with Crippen LogP contribution in [-0.4, -0.2) is 71.5 Å². The van der Waals surface area contributed by atoms with Crippen LogP contribution in [0.25, 0.3) is 22.0 Å². The number of nitrogens with one attached hydrogen (secondary N) is 4. The largest absolute Gasteiger partial charge is 0.506 e. The number of hydrogen-bond donors (Lipinski definition) is 6. The zero-order valence-corrected chi connectivity index (χ0v) is 30.6. The number of piperidine rings is 1. The molecule has 1 fully saturated rings. The third kappa shape index (κ3) is 9.62. The summed E-state index contributed by atoms with van der Waals surface area (Å²) in [7, 11) is 4.37. The number of aliphatic hydroxyl groups excluding tert-OH is 1. The molecule has 0 unspecified atom stereocenters. The Morgan fingerprint density at radius 3 is 2.49 bits per heavy atom. The number of carbonyl (C=O) groups excluding carboxylic acids is 2. The highest BCUT2D eigenvalue weighted by molar-refractivity contribution is 6.34. The topological polar surface area (TPSA) is 153 Å². The van der Waals surface area contributed by atoms with Crippen molar-refractivity contribution < 1.29 is 29.0 Å². The molecule has 5 aromatic rings. The molecule has 276 valence electrons. The molecular formula is C41H45ClN5O6+. The van der Waals surface area contributed by atoms with Crippen LogP contribution in [-0.2, 0) is 22.5 Å². The minimum atomic E-state index is -0.933. The monoisotopic (exact) mass is 738 g/mol. The lowest BCUT2D eigenvalue weighted by Crippen LogP contribution is -2.48. The number of carbonyl (C=O) groups is 2. The van der Waals surface area contributed by atoms with E-state index in [1.54, 1.807) is 24.3 Å². The van der Waals surface area contributed by atoms with Crippen LogP contribution >= 0.6 is 11.6 Å². The summed E-state index contributed by atoms with van der Waals surface area (Å²) in [5.41, 5.74) is 4.97. The number of hydrogen-bond acceptors (Lipinski definition) is 7. The van der Waals surface area contributed by atoms with E-state index in [-0.39, 0.29) is 41.8 Å². The van der Waals surface area contributed by atoms with Crippen LogP contribution in [0.15, 0.2) is 95.8 Å². The van der Waals surface area contributed by atoms with Gasteiger partial charge in [-0.2, -0.15) is 0 Å². The number of benzene rings is 4. The van der Waals surface area contributed by atoms with Crippen molar-refractivity contribution in [3.05, 3.63) is 123 Å². The van der Waals surface area contributed by atoms with E-state index in [0.717, 1.165) is 52.7 Å². The third-order valence-electron chi connectivity index (χ3n) is 9.70. The highest BCUT2D eigenvalue weighted by Crippen LogP contribution is 2.32. The van der Waals surface area contributed by atoms with Crippen molar-refractivity contribution in [2.24, 2.45) is 0 Å². The Bertz CT molecular complexity index is 2140. The van der Waals surface area contributed by atoms with E-state index in [2.05, 4.69) is 35.0 Å². The van der Waals surface area contributed by atoms with Crippen LogP contribution in [0.4, 0.5) is 16.2 Å². The minimum absolute atomic E-state index is 0.0782. The number of halogens is 1. The first kappa shape index (κ1) is 37.6. The number of aromatic nitrogens is 1. The van der Waals surface area contributed by atoms with Crippen molar-refractivity contribution in [1.29, 1.82) is 0 Å². The van der Waals surface area contributed by atoms with E-state index in [1.807, 2.05) is 54.6 Å². The summed E-state index contributed by atoms with van der Waals surface area (Å²) in [6, 6.07) is 26.9. The van der Waals surface area contributed by atoms with Gasteiger partial charge in [0.05, 0.1) is 55.2 Å². The normalized spacial score (nSPS) is 14.8. The molecule has 11 nitrogen and oxygen atoms in total. The zero-order valence-electron chi connectivity index (χ0n) is 29.8. The Morgan fingerprint density at radius 1 is 0.943 bits per heavy atom. The number of fused-ring (bicyclic) bond motifs is 1. The standard InChI is InChI=1S/C41H44ClN5O6/c1-47(2)21-19-29(20-22-47)53-41(52)45-34-23-26(11-13-30(34)27-7-4-3-5-8-27)12-17-37(50)44-33-10-6-9-28(39(33)42)24-43-25-36(49)31-14-16-35(48)40-32(31)15-18-38(51)46-40/h3-11,13-16,18,23,29,36,43,49H,12,17,19-22,24-25H2,1-2H3,(H3-,44,45,46,48,50,51,52)/p+1/t36-/m0/s1. The van der Waals surface area contributed by atoms with Gasteiger partial charge >= 0.3 is 6.09 Å². The quantitative estimate of drug-likeness (QED) is 0.0776. The summed E-state index contributed by atoms with van der Waals surface area (Å²) >= 11 is 6.71. The van der Waals surface area contributed by atoms with E-state index in [0.29, 0.717) is 40.3 Å². The second-order valence-corrected chi connectivity index (χ2v) is 14.5. The van der Waals surface area contributed by atoms with Crippen LogP contribution in [0, 0.1) is 0 Å². The predicted molar refractivity (Wildman–Crippen MR) is 208 cm³/mol. The van der Waals surface area contributed by atoms with Gasteiger partial charge in [-0.25, -0.2) is 4.79 Å². The predicted octanol–water partition coefficient (Wildman–Crippen LogP) is 6.74. The molecule has 1 aliphatic rings. The average Bonchev–Trinajstić information content (AvgIpc) is 3.14. The Labute approximate surface area is 313 Å². The van der Waals surface area contributed by atoms with Gasteiger partial charge < -0.3 is 35.1 Å². The van der Waals surface area contributed by atoms with E-state index >= 15 is 0 Å². The van der Waals surface area contributed by atoms with Crippen molar-refractivity contribution in [2.45, 2.75) is 44.4 Å². The number of nitrogens with zero attached hydrogens (tertiary/aromatic N) is 1. The molecule has 12 heteroatoms. The Kier molecular flexibility index (Phi) is 11.8. The fourth-order valence-corrected chi connectivity index (χ4v) is 6.90. The molecular weight excluding hydrogens is 694 g/mol. The zero-order chi connectivity index (χ0) is 37.5. The van der Waals surface area contributed by atoms with Gasteiger partial charge in [0.25, 0.3) is 0 Å². The maximum Gasteiger partial charge on any atom is 0.411 e. The lowest BCUT2D eigenvalue weighted by Gasteiger charge is -2.36. The van der Waals surface area contributed by atoms with E-state index < -0.39 is 12.2 Å². The van der Waals surface area contributed by atoms with E-state index in [9.17, 15) is 24.6 Å². The van der Waals surface area contributed by atoms with Gasteiger partial charge in [-0.15, -0.1) is 0 Å². The first-order chi connectivity index (χ1) is 25.5. The second-order valence-electron chi connectivity index (χ2n) is 14.1. The number of quaternary nitrogens is 1. The van der Waals surface area contributed by atoms with Crippen LogP contribution in [0.5, 0.6) is 5.75 Å². The molecule has 1 aromatic heterocycles. The molecule has 2 heterocycles. The highest BCUT2D eigenvalue weighted by atomic mass is 35.5. The molecule has 0 aliphatic carbocycles. The van der Waals surface area contributed by atoms with Gasteiger partial charge in [0.1, 0.15) is 11.9 Å². The Balaban J connectivity index is 1.06. The SMILES string of the molecule is C[N+]1(C)CCC(OC(=O)Nc2cc(CCC(=O)Nc3cccc(CNC[C@H](O)c4ccc(O)c5[nH]c(=O)ccc45)c3Cl)ccc2-c2ccccc2)CC1. The molecule has 0 radical (unpaired) electrons. The summed E-state index contributed by atoms with van der Waals surface area (Å²) in [5, 5.41) is 31.1. The fraction of sp³-hybridized carbons (Fsp3) is 0.293. The van der Waals surface area contributed by atoms with Gasteiger partial charge in [-0.3, -0.25) is 14.9 Å². The number of ether oxygens (including phenoxy) is 1. The number of rotatable bonds is 12. The molecule has 6 N–H and O–H groups in total. The lowest BCUT2D eigenvalue weighted by atomic mass is 9.99. The summed E-state index contributed by atoms with van der Waals surface area (Å²) in [6.45, 7) is 2.39. The molecule has 1 aliphatic heterocycles. The number of likely N-dealkylation sites (tertiary alicyclic amines) is 1. The number of aromatic hydroxyl groups is 1. The number of H-pyrrole nitrogens is 1. The van der Waals surface area contributed by atoms with Crippen molar-refractivity contribution in [3.8, 4) is 16.9 Å². The Hall–Kier alpha value is -5.20. The number of aryl methyl sites for hydroxylation is 1. The minimum Gasteiger partial charge on any atom is -0.506 e. The number of phenolic OH excluding ortho intramolecular Hbond substituents is 1. The Morgan fingerprint density at radius 2 is 1.72 bits per heavy atom. The smallest absolute Gasteiger partial charge is 0.411 e. The molecule has 0 spiro atoms. The first-order valence-corrected chi connectivity index (χ1v) is 18.1. The van der Waals surface area contributed by atoms with Crippen LogP contribution in [0.3, 0.4) is 0 Å². The number of aliphatic hydroxyl groups is 1. The van der Waals surface area contributed by atoms with Crippen molar-refractivity contribution >= 4 is 45.9 Å². The summed E-state index contributed by atoms with van der Waals surface area (Å²) in [4.78, 5) is 40.5. The molecule has 0 bridgehead atoms. The molecule has 0 saturated carbocycles. The van der Waals surface area contributed by atoms with Gasteiger partial charge in [0.2, 0.25) is 11.5 Å². The fourth-order valence-electron chi connectivity index (χ4n) is 6.66. The first-order valence-electron chi connectivity index (χ1n) is 17.7. The molecule has 2 amide bonds. The van der Waals surface area contributed by atoms with Crippen LogP contribution in [0.1, 0.15) is 42.1 Å². The number of pyridine rings is 1. The number of phenols is 1. The van der Waals surface area contributed by atoms with Crippen LogP contribution < -0.4 is 21.5 Å². The van der Waals surface area contributed by atoms with Crippen molar-refractivity contribution in [1.82, 2.24) is 10.3 Å². The van der Waals surface area contributed by atoms with Gasteiger partial charge in [-0.1, -0.05) is 72.3 Å². The van der Waals surface area contributed by atoms with Crippen molar-refractivity contribution in [2.75, 3.05) is 44.4 Å². The van der Waals surface area contributed by atoms with Crippen molar-refractivity contribution in [3.63, 3.8) is 0 Å². The molecule has 6 rings (SSSR count). The van der Waals surface area contributed by atoms with Gasteiger partial charge in [0.15, 0.2) is 0 Å². The highest BCUT2D eigenvalue weighted by Gasteiger charge is 2.28. The summed E-state index contributed by atoms with van der Waals surface area (Å²) in [5.74, 6) is -0.296. The third-order valence-corrected chi connectivity index (χ3v) is 10.2. The average molecular weight is 739 g/mol. The summed E-state index contributed by atoms with van der Waals surface area (Å²) in [6.07, 6.45) is 0.699. The number of anilines is 2. The molecule has 1 atom stereocenters. The number of amides is 2. The van der Waals surface area contributed by atoms with Gasteiger partial charge in [-0.05, 0) is 52.9 Å². The van der Waals surface area contributed by atoms with E-state index in [4.69, 9.17) is 16.3 Å². The second kappa shape index (κ2) is 16.6. The maximum absolute atomic E-state index is 13.1. The molecule has 4 aromatic carbocycles. The summed E-state index contributed by atoms with van der Waals surface area (Å²) < 4.78 is 6.73. The lowest BCUT2D eigenvalue weighted by molar-refractivity contribution is -0.896. The van der Waals surface area contributed by atoms with Gasteiger partial charge in [0, 0.05) is 49.4 Å².